The molecule has 27 heavy (non-hydrogen) atoms. The van der Waals surface area contributed by atoms with E-state index in [1.165, 1.54) is 0 Å². The maximum atomic E-state index is 12.4. The fourth-order valence-electron chi connectivity index (χ4n) is 2.82. The number of nitrogens with zero attached hydrogens (tertiary/aromatic N) is 3. The number of aryl methyl sites for hydroxylation is 1. The summed E-state index contributed by atoms with van der Waals surface area (Å²) < 4.78 is 16.3. The Kier molecular flexibility index (Phi) is 5.06. The van der Waals surface area contributed by atoms with Crippen LogP contribution in [0.4, 0.5) is 0 Å². The van der Waals surface area contributed by atoms with Gasteiger partial charge in [0, 0.05) is 37.4 Å². The Morgan fingerprint density at radius 3 is 2.89 bits per heavy atom. The topological polar surface area (TPSA) is 77.7 Å². The first kappa shape index (κ1) is 17.5. The molecule has 4 rings (SSSR count). The van der Waals surface area contributed by atoms with Crippen LogP contribution in [0.1, 0.15) is 17.9 Å². The van der Waals surface area contributed by atoms with Gasteiger partial charge in [0.2, 0.25) is 17.6 Å². The van der Waals surface area contributed by atoms with Crippen LogP contribution >= 0.6 is 11.3 Å². The van der Waals surface area contributed by atoms with E-state index in [1.807, 2.05) is 35.0 Å². The van der Waals surface area contributed by atoms with Crippen LogP contribution < -0.4 is 9.47 Å². The second kappa shape index (κ2) is 7.79. The molecule has 7 nitrogen and oxygen atoms in total. The monoisotopic (exact) mass is 385 g/mol. The van der Waals surface area contributed by atoms with Gasteiger partial charge in [0.15, 0.2) is 11.5 Å². The fraction of sp³-hybridized carbons (Fsp3) is 0.316. The van der Waals surface area contributed by atoms with E-state index in [0.29, 0.717) is 44.3 Å². The van der Waals surface area contributed by atoms with Crippen molar-refractivity contribution in [1.82, 2.24) is 15.0 Å². The number of fused-ring (bicyclic) bond motifs is 1. The lowest BCUT2D eigenvalue weighted by Gasteiger charge is -2.21. The second-order valence-corrected chi connectivity index (χ2v) is 7.03. The Hall–Kier alpha value is -2.87. The second-order valence-electron chi connectivity index (χ2n) is 6.25. The van der Waals surface area contributed by atoms with Gasteiger partial charge in [0.05, 0.1) is 0 Å². The van der Waals surface area contributed by atoms with Gasteiger partial charge in [0.1, 0.15) is 13.2 Å². The van der Waals surface area contributed by atoms with E-state index in [1.54, 1.807) is 23.3 Å². The quantitative estimate of drug-likeness (QED) is 0.649. The molecular weight excluding hydrogens is 366 g/mol. The number of carbonyl (C=O) groups is 1. The van der Waals surface area contributed by atoms with Crippen LogP contribution in [0.5, 0.6) is 11.5 Å². The number of amides is 1. The van der Waals surface area contributed by atoms with Crippen LogP contribution in [-0.4, -0.2) is 41.2 Å². The lowest BCUT2D eigenvalue weighted by molar-refractivity contribution is -0.130. The molecule has 1 amide bonds. The molecule has 0 spiro atoms. The first-order valence-corrected chi connectivity index (χ1v) is 9.61. The molecule has 0 N–H and O–H groups in total. The Morgan fingerprint density at radius 2 is 2.07 bits per heavy atom. The first-order chi connectivity index (χ1) is 13.2. The van der Waals surface area contributed by atoms with Gasteiger partial charge < -0.3 is 18.9 Å². The van der Waals surface area contributed by atoms with Crippen LogP contribution in [0.15, 0.2) is 39.5 Å². The Bertz CT molecular complexity index is 923. The van der Waals surface area contributed by atoms with Crippen LogP contribution in [0.3, 0.4) is 0 Å². The van der Waals surface area contributed by atoms with Crippen molar-refractivity contribution in [3.05, 3.63) is 46.5 Å². The van der Waals surface area contributed by atoms with Gasteiger partial charge in [0.25, 0.3) is 0 Å². The van der Waals surface area contributed by atoms with E-state index in [9.17, 15) is 4.79 Å². The SMILES string of the molecule is CN(Cc1ccc2c(c1)OCCO2)C(=O)CCc1nc(-c2ccsc2)no1. The van der Waals surface area contributed by atoms with Crippen molar-refractivity contribution >= 4 is 17.2 Å². The zero-order valence-corrected chi connectivity index (χ0v) is 15.7. The molecule has 3 aromatic rings. The zero-order chi connectivity index (χ0) is 18.6. The highest BCUT2D eigenvalue weighted by molar-refractivity contribution is 7.08. The third kappa shape index (κ3) is 4.11. The summed E-state index contributed by atoms with van der Waals surface area (Å²) in [5.41, 5.74) is 1.92. The standard InChI is InChI=1S/C19H19N3O4S/c1-22(11-13-2-3-15-16(10-13)25-8-7-24-15)18(23)5-4-17-20-19(21-26-17)14-6-9-27-12-14/h2-3,6,9-10,12H,4-5,7-8,11H2,1H3. The number of rotatable bonds is 6. The van der Waals surface area contributed by atoms with E-state index in [4.69, 9.17) is 14.0 Å². The highest BCUT2D eigenvalue weighted by Crippen LogP contribution is 2.31. The van der Waals surface area contributed by atoms with Gasteiger partial charge in [-0.1, -0.05) is 11.2 Å². The van der Waals surface area contributed by atoms with Gasteiger partial charge in [-0.05, 0) is 29.1 Å². The van der Waals surface area contributed by atoms with Gasteiger partial charge in [-0.25, -0.2) is 0 Å². The van der Waals surface area contributed by atoms with Crippen molar-refractivity contribution in [2.75, 3.05) is 20.3 Å². The van der Waals surface area contributed by atoms with Crippen molar-refractivity contribution in [3.63, 3.8) is 0 Å². The minimum Gasteiger partial charge on any atom is -0.486 e. The molecule has 3 heterocycles. The molecule has 1 aliphatic rings. The van der Waals surface area contributed by atoms with E-state index in [-0.39, 0.29) is 5.91 Å². The molecule has 0 saturated heterocycles. The molecule has 0 bridgehead atoms. The molecule has 0 unspecified atom stereocenters. The van der Waals surface area contributed by atoms with E-state index < -0.39 is 0 Å². The van der Waals surface area contributed by atoms with E-state index in [2.05, 4.69) is 10.1 Å². The summed E-state index contributed by atoms with van der Waals surface area (Å²) in [7, 11) is 1.78. The molecule has 0 fully saturated rings. The van der Waals surface area contributed by atoms with E-state index in [0.717, 1.165) is 22.6 Å². The first-order valence-electron chi connectivity index (χ1n) is 8.67. The molecule has 1 aliphatic heterocycles. The van der Waals surface area contributed by atoms with Crippen molar-refractivity contribution in [2.24, 2.45) is 0 Å². The number of carbonyl (C=O) groups excluding carboxylic acids is 1. The van der Waals surface area contributed by atoms with E-state index >= 15 is 0 Å². The summed E-state index contributed by atoms with van der Waals surface area (Å²) in [5.74, 6) is 2.52. The third-order valence-electron chi connectivity index (χ3n) is 4.25. The maximum Gasteiger partial charge on any atom is 0.227 e. The van der Waals surface area contributed by atoms with Crippen LogP contribution in [0.25, 0.3) is 11.4 Å². The van der Waals surface area contributed by atoms with Crippen molar-refractivity contribution < 1.29 is 18.8 Å². The Morgan fingerprint density at radius 1 is 1.22 bits per heavy atom. The largest absolute Gasteiger partial charge is 0.486 e. The summed E-state index contributed by atoms with van der Waals surface area (Å²) in [5, 5.41) is 7.88. The summed E-state index contributed by atoms with van der Waals surface area (Å²) in [6.07, 6.45) is 0.730. The maximum absolute atomic E-state index is 12.4. The average molecular weight is 385 g/mol. The highest BCUT2D eigenvalue weighted by Gasteiger charge is 2.16. The van der Waals surface area contributed by atoms with Crippen molar-refractivity contribution in [1.29, 1.82) is 0 Å². The van der Waals surface area contributed by atoms with Gasteiger partial charge in [-0.2, -0.15) is 16.3 Å². The minimum atomic E-state index is 0.0140. The number of aromatic nitrogens is 2. The lowest BCUT2D eigenvalue weighted by atomic mass is 10.1. The molecular formula is C19H19N3O4S. The average Bonchev–Trinajstić information content (AvgIpc) is 3.37. The molecule has 2 aromatic heterocycles. The van der Waals surface area contributed by atoms with Gasteiger partial charge >= 0.3 is 0 Å². The minimum absolute atomic E-state index is 0.0140. The smallest absolute Gasteiger partial charge is 0.227 e. The lowest BCUT2D eigenvalue weighted by Crippen LogP contribution is -2.26. The number of benzene rings is 1. The zero-order valence-electron chi connectivity index (χ0n) is 14.9. The van der Waals surface area contributed by atoms with Crippen LogP contribution in [0, 0.1) is 0 Å². The van der Waals surface area contributed by atoms with Gasteiger partial charge in [-0.3, -0.25) is 4.79 Å². The van der Waals surface area contributed by atoms with Crippen LogP contribution in [0.2, 0.25) is 0 Å². The fourth-order valence-corrected chi connectivity index (χ4v) is 3.45. The molecule has 1 aromatic carbocycles. The molecule has 0 saturated carbocycles. The molecule has 0 atom stereocenters. The predicted octanol–water partition coefficient (Wildman–Crippen LogP) is 3.16. The van der Waals surface area contributed by atoms with Crippen molar-refractivity contribution in [2.45, 2.75) is 19.4 Å². The number of thiophene rings is 1. The summed E-state index contributed by atoms with van der Waals surface area (Å²) in [6, 6.07) is 7.68. The van der Waals surface area contributed by atoms with Crippen molar-refractivity contribution in [3.8, 4) is 22.9 Å². The molecule has 0 radical (unpaired) electrons. The summed E-state index contributed by atoms with van der Waals surface area (Å²) in [4.78, 5) is 18.5. The normalized spacial score (nSPS) is 12.8. The highest BCUT2D eigenvalue weighted by atomic mass is 32.1. The summed E-state index contributed by atoms with van der Waals surface area (Å²) in [6.45, 7) is 1.61. The summed E-state index contributed by atoms with van der Waals surface area (Å²) >= 11 is 1.58. The molecule has 0 aliphatic carbocycles. The predicted molar refractivity (Wildman–Crippen MR) is 99.8 cm³/mol. The Balaban J connectivity index is 1.32. The number of ether oxygens (including phenoxy) is 2. The third-order valence-corrected chi connectivity index (χ3v) is 4.94. The van der Waals surface area contributed by atoms with Gasteiger partial charge in [-0.15, -0.1) is 0 Å². The number of hydrogen-bond donors (Lipinski definition) is 0. The number of hydrogen-bond acceptors (Lipinski definition) is 7. The van der Waals surface area contributed by atoms with Crippen LogP contribution in [-0.2, 0) is 17.8 Å². The molecule has 140 valence electrons. The molecule has 8 heteroatoms. The Labute approximate surface area is 160 Å².